The van der Waals surface area contributed by atoms with Crippen molar-refractivity contribution in [3.63, 3.8) is 0 Å². The quantitative estimate of drug-likeness (QED) is 0.656. The Morgan fingerprint density at radius 3 is 2.78 bits per heavy atom. The lowest BCUT2D eigenvalue weighted by molar-refractivity contribution is 0.109. The van der Waals surface area contributed by atoms with Gasteiger partial charge in [-0.05, 0) is 19.9 Å². The Morgan fingerprint density at radius 2 is 2.06 bits per heavy atom. The molecule has 4 heteroatoms. The van der Waals surface area contributed by atoms with Crippen molar-refractivity contribution in [2.45, 2.75) is 26.5 Å². The van der Waals surface area contributed by atoms with Crippen molar-refractivity contribution in [2.24, 2.45) is 0 Å². The molecule has 0 amide bonds. The fourth-order valence-electron chi connectivity index (χ4n) is 1.56. The molecule has 0 aliphatic carbocycles. The van der Waals surface area contributed by atoms with E-state index in [1.54, 1.807) is 6.92 Å². The first-order valence-corrected chi connectivity index (χ1v) is 6.41. The molecule has 0 fully saturated rings. The number of rotatable bonds is 9. The standard InChI is InChI=1S/C14H23NO3/c1-3-17-8-9-18-14-7-5-4-6-13(14)11-15-10-12(2)16/h4-7,12,15-16H,3,8-11H2,1-2H3. The van der Waals surface area contributed by atoms with Crippen LogP contribution in [0.25, 0.3) is 0 Å². The molecule has 1 rings (SSSR count). The zero-order chi connectivity index (χ0) is 13.2. The second kappa shape index (κ2) is 8.91. The second-order valence-electron chi connectivity index (χ2n) is 4.13. The van der Waals surface area contributed by atoms with Crippen LogP contribution in [0.15, 0.2) is 24.3 Å². The van der Waals surface area contributed by atoms with E-state index in [0.29, 0.717) is 32.9 Å². The van der Waals surface area contributed by atoms with Crippen molar-refractivity contribution in [3.05, 3.63) is 29.8 Å². The molecule has 0 aliphatic rings. The minimum atomic E-state index is -0.337. The van der Waals surface area contributed by atoms with Crippen molar-refractivity contribution in [1.29, 1.82) is 0 Å². The van der Waals surface area contributed by atoms with Crippen LogP contribution in [0, 0.1) is 0 Å². The molecule has 0 radical (unpaired) electrons. The van der Waals surface area contributed by atoms with Gasteiger partial charge in [-0.15, -0.1) is 0 Å². The Bertz CT molecular complexity index is 329. The minimum absolute atomic E-state index is 0.337. The van der Waals surface area contributed by atoms with Crippen LogP contribution in [0.3, 0.4) is 0 Å². The van der Waals surface area contributed by atoms with E-state index in [0.717, 1.165) is 11.3 Å². The van der Waals surface area contributed by atoms with Gasteiger partial charge in [-0.25, -0.2) is 0 Å². The third-order valence-corrected chi connectivity index (χ3v) is 2.42. The largest absolute Gasteiger partial charge is 0.491 e. The van der Waals surface area contributed by atoms with E-state index in [1.807, 2.05) is 31.2 Å². The third-order valence-electron chi connectivity index (χ3n) is 2.42. The molecule has 0 heterocycles. The highest BCUT2D eigenvalue weighted by molar-refractivity contribution is 5.33. The van der Waals surface area contributed by atoms with Crippen LogP contribution in [0.1, 0.15) is 19.4 Å². The lowest BCUT2D eigenvalue weighted by Gasteiger charge is -2.12. The number of benzene rings is 1. The van der Waals surface area contributed by atoms with Crippen LogP contribution in [-0.4, -0.2) is 37.6 Å². The number of nitrogens with one attached hydrogen (secondary N) is 1. The fourth-order valence-corrected chi connectivity index (χ4v) is 1.56. The van der Waals surface area contributed by atoms with Crippen LogP contribution in [0.2, 0.25) is 0 Å². The van der Waals surface area contributed by atoms with Crippen molar-refractivity contribution in [3.8, 4) is 5.75 Å². The number of aliphatic hydroxyl groups excluding tert-OH is 1. The van der Waals surface area contributed by atoms with E-state index in [9.17, 15) is 5.11 Å². The molecular formula is C14H23NO3. The Morgan fingerprint density at radius 1 is 1.28 bits per heavy atom. The summed E-state index contributed by atoms with van der Waals surface area (Å²) in [6.45, 7) is 6.86. The van der Waals surface area contributed by atoms with Gasteiger partial charge in [-0.1, -0.05) is 18.2 Å². The molecule has 4 nitrogen and oxygen atoms in total. The normalized spacial score (nSPS) is 12.4. The zero-order valence-corrected chi connectivity index (χ0v) is 11.2. The van der Waals surface area contributed by atoms with Gasteiger partial charge in [-0.3, -0.25) is 0 Å². The van der Waals surface area contributed by atoms with Gasteiger partial charge in [0.05, 0.1) is 12.7 Å². The van der Waals surface area contributed by atoms with E-state index < -0.39 is 0 Å². The van der Waals surface area contributed by atoms with Crippen LogP contribution in [-0.2, 0) is 11.3 Å². The van der Waals surface area contributed by atoms with E-state index in [2.05, 4.69) is 5.32 Å². The van der Waals surface area contributed by atoms with Crippen LogP contribution in [0.4, 0.5) is 0 Å². The maximum Gasteiger partial charge on any atom is 0.123 e. The topological polar surface area (TPSA) is 50.7 Å². The molecule has 2 N–H and O–H groups in total. The van der Waals surface area contributed by atoms with Crippen LogP contribution in [0.5, 0.6) is 5.75 Å². The van der Waals surface area contributed by atoms with Crippen molar-refractivity contribution in [1.82, 2.24) is 5.32 Å². The Kier molecular flexibility index (Phi) is 7.41. The number of ether oxygens (including phenoxy) is 2. The first-order valence-electron chi connectivity index (χ1n) is 6.41. The average molecular weight is 253 g/mol. The summed E-state index contributed by atoms with van der Waals surface area (Å²) in [5.74, 6) is 0.871. The molecule has 1 aromatic rings. The van der Waals surface area contributed by atoms with E-state index in [1.165, 1.54) is 0 Å². The maximum absolute atomic E-state index is 9.19. The minimum Gasteiger partial charge on any atom is -0.491 e. The number of aliphatic hydroxyl groups is 1. The highest BCUT2D eigenvalue weighted by Crippen LogP contribution is 2.17. The average Bonchev–Trinajstić information content (AvgIpc) is 2.36. The summed E-state index contributed by atoms with van der Waals surface area (Å²) in [6, 6.07) is 7.90. The Balaban J connectivity index is 2.40. The molecule has 0 bridgehead atoms. The lowest BCUT2D eigenvalue weighted by Crippen LogP contribution is -2.24. The molecule has 0 aromatic heterocycles. The predicted octanol–water partition coefficient (Wildman–Crippen LogP) is 1.57. The molecule has 1 atom stereocenters. The Hall–Kier alpha value is -1.10. The Labute approximate surface area is 109 Å². The highest BCUT2D eigenvalue weighted by atomic mass is 16.5. The van der Waals surface area contributed by atoms with Gasteiger partial charge < -0.3 is 19.9 Å². The number of hydrogen-bond donors (Lipinski definition) is 2. The molecule has 0 saturated heterocycles. The fraction of sp³-hybridized carbons (Fsp3) is 0.571. The smallest absolute Gasteiger partial charge is 0.123 e. The summed E-state index contributed by atoms with van der Waals surface area (Å²) in [4.78, 5) is 0. The van der Waals surface area contributed by atoms with E-state index >= 15 is 0 Å². The third kappa shape index (κ3) is 6.00. The SMILES string of the molecule is CCOCCOc1ccccc1CNCC(C)O. The molecular weight excluding hydrogens is 230 g/mol. The zero-order valence-electron chi connectivity index (χ0n) is 11.2. The monoisotopic (exact) mass is 253 g/mol. The molecule has 18 heavy (non-hydrogen) atoms. The number of hydrogen-bond acceptors (Lipinski definition) is 4. The predicted molar refractivity (Wildman–Crippen MR) is 71.8 cm³/mol. The van der Waals surface area contributed by atoms with Crippen molar-refractivity contribution < 1.29 is 14.6 Å². The molecule has 0 spiro atoms. The van der Waals surface area contributed by atoms with Crippen molar-refractivity contribution >= 4 is 0 Å². The van der Waals surface area contributed by atoms with Gasteiger partial charge in [0, 0.05) is 25.3 Å². The molecule has 0 aliphatic heterocycles. The summed E-state index contributed by atoms with van der Waals surface area (Å²) < 4.78 is 10.9. The molecule has 1 unspecified atom stereocenters. The summed E-state index contributed by atoms with van der Waals surface area (Å²) in [5.41, 5.74) is 1.09. The lowest BCUT2D eigenvalue weighted by atomic mass is 10.2. The highest BCUT2D eigenvalue weighted by Gasteiger charge is 2.03. The van der Waals surface area contributed by atoms with Gasteiger partial charge in [-0.2, -0.15) is 0 Å². The van der Waals surface area contributed by atoms with E-state index in [4.69, 9.17) is 9.47 Å². The summed E-state index contributed by atoms with van der Waals surface area (Å²) in [7, 11) is 0. The first kappa shape index (κ1) is 15.0. The van der Waals surface area contributed by atoms with Crippen LogP contribution >= 0.6 is 0 Å². The van der Waals surface area contributed by atoms with Crippen molar-refractivity contribution in [2.75, 3.05) is 26.4 Å². The molecule has 0 saturated carbocycles. The second-order valence-corrected chi connectivity index (χ2v) is 4.13. The first-order chi connectivity index (χ1) is 8.74. The maximum atomic E-state index is 9.19. The summed E-state index contributed by atoms with van der Waals surface area (Å²) >= 11 is 0. The van der Waals surface area contributed by atoms with Gasteiger partial charge in [0.1, 0.15) is 12.4 Å². The molecule has 1 aromatic carbocycles. The van der Waals surface area contributed by atoms with Crippen LogP contribution < -0.4 is 10.1 Å². The summed E-state index contributed by atoms with van der Waals surface area (Å²) in [5, 5.41) is 12.4. The van der Waals surface area contributed by atoms with Gasteiger partial charge >= 0.3 is 0 Å². The molecule has 102 valence electrons. The van der Waals surface area contributed by atoms with Gasteiger partial charge in [0.2, 0.25) is 0 Å². The number of para-hydroxylation sites is 1. The van der Waals surface area contributed by atoms with Gasteiger partial charge in [0.15, 0.2) is 0 Å². The summed E-state index contributed by atoms with van der Waals surface area (Å²) in [6.07, 6.45) is -0.337. The van der Waals surface area contributed by atoms with Gasteiger partial charge in [0.25, 0.3) is 0 Å². The van der Waals surface area contributed by atoms with E-state index in [-0.39, 0.29) is 6.10 Å².